The molecule has 0 heterocycles. The number of aliphatic hydroxyl groups excluding tert-OH is 1. The molecule has 0 aromatic heterocycles. The molecule has 0 amide bonds. The second-order valence-electron chi connectivity index (χ2n) is 1.58. The second-order valence-corrected chi connectivity index (χ2v) is 1.58. The van der Waals surface area contributed by atoms with E-state index in [1.165, 1.54) is 6.42 Å². The van der Waals surface area contributed by atoms with Gasteiger partial charge in [0.15, 0.2) is 0 Å². The van der Waals surface area contributed by atoms with Crippen LogP contribution < -0.4 is 0 Å². The van der Waals surface area contributed by atoms with Crippen LogP contribution in [0.5, 0.6) is 0 Å². The van der Waals surface area contributed by atoms with E-state index in [1.807, 2.05) is 6.79 Å². The molecular formula is C5H10O2. The Bertz CT molecular complexity index is 41.3. The van der Waals surface area contributed by atoms with E-state index in [0.717, 1.165) is 12.8 Å². The Morgan fingerprint density at radius 1 is 1.43 bits per heavy atom. The molecule has 0 aromatic carbocycles. The number of carbonyl (C=O) groups excluding carboxylic acids is 1. The van der Waals surface area contributed by atoms with E-state index in [1.54, 1.807) is 0 Å². The third-order valence-electron chi connectivity index (χ3n) is 1.07. The highest BCUT2D eigenvalue weighted by atomic mass is 16.3. The quantitative estimate of drug-likeness (QED) is 0.479. The summed E-state index contributed by atoms with van der Waals surface area (Å²) in [6.07, 6.45) is 3.39. The van der Waals surface area contributed by atoms with Crippen LogP contribution in [0.15, 0.2) is 0 Å². The average molecular weight is 102 g/mol. The third kappa shape index (κ3) is 2.34. The van der Waals surface area contributed by atoms with Gasteiger partial charge in [-0.3, -0.25) is 0 Å². The molecule has 0 spiro atoms. The summed E-state index contributed by atoms with van der Waals surface area (Å²) in [6.45, 7) is 2.00. The van der Waals surface area contributed by atoms with Crippen molar-refractivity contribution < 1.29 is 9.90 Å². The van der Waals surface area contributed by atoms with E-state index in [4.69, 9.17) is 9.90 Å². The van der Waals surface area contributed by atoms with Crippen molar-refractivity contribution in [1.82, 2.24) is 0 Å². The lowest BCUT2D eigenvalue weighted by Gasteiger charge is -2.17. The lowest BCUT2D eigenvalue weighted by Crippen LogP contribution is -2.15. The van der Waals surface area contributed by atoms with Gasteiger partial charge in [-0.25, -0.2) is 0 Å². The minimum Gasteiger partial charge on any atom is -0.393 e. The Kier molecular flexibility index (Phi) is 3.61. The van der Waals surface area contributed by atoms with Crippen molar-refractivity contribution in [1.29, 1.82) is 0 Å². The summed E-state index contributed by atoms with van der Waals surface area (Å²) in [4.78, 5) is 8.00. The van der Waals surface area contributed by atoms with Gasteiger partial charge in [0.2, 0.25) is 0 Å². The largest absolute Gasteiger partial charge is 0.393 e. The molecule has 1 aliphatic rings. The van der Waals surface area contributed by atoms with Crippen LogP contribution in [-0.4, -0.2) is 18.0 Å². The molecule has 0 aromatic rings. The molecule has 1 saturated carbocycles. The fraction of sp³-hybridized carbons (Fsp3) is 0.800. The molecule has 1 N–H and O–H groups in total. The Balaban J connectivity index is 0.000000162. The number of carbonyl (C=O) groups is 1. The van der Waals surface area contributed by atoms with Gasteiger partial charge in [-0.1, -0.05) is 0 Å². The zero-order valence-electron chi connectivity index (χ0n) is 4.26. The van der Waals surface area contributed by atoms with Crippen LogP contribution in [0.4, 0.5) is 0 Å². The molecule has 2 nitrogen and oxygen atoms in total. The summed E-state index contributed by atoms with van der Waals surface area (Å²) in [5.74, 6) is 0. The molecular weight excluding hydrogens is 92.1 g/mol. The van der Waals surface area contributed by atoms with E-state index < -0.39 is 0 Å². The molecule has 0 radical (unpaired) electrons. The maximum Gasteiger partial charge on any atom is 0.106 e. The van der Waals surface area contributed by atoms with Gasteiger partial charge in [-0.2, -0.15) is 0 Å². The monoisotopic (exact) mass is 102 g/mol. The molecule has 2 heteroatoms. The molecule has 42 valence electrons. The van der Waals surface area contributed by atoms with Crippen LogP contribution in [0.3, 0.4) is 0 Å². The van der Waals surface area contributed by atoms with Crippen LogP contribution in [0.2, 0.25) is 0 Å². The highest BCUT2D eigenvalue weighted by Crippen LogP contribution is 2.16. The first kappa shape index (κ1) is 6.63. The Labute approximate surface area is 43.2 Å². The summed E-state index contributed by atoms with van der Waals surface area (Å²) < 4.78 is 0. The van der Waals surface area contributed by atoms with Gasteiger partial charge in [0, 0.05) is 0 Å². The summed E-state index contributed by atoms with van der Waals surface area (Å²) in [5.41, 5.74) is 0. The zero-order valence-corrected chi connectivity index (χ0v) is 4.26. The molecule has 0 bridgehead atoms. The molecule has 7 heavy (non-hydrogen) atoms. The van der Waals surface area contributed by atoms with Crippen molar-refractivity contribution in [3.63, 3.8) is 0 Å². The van der Waals surface area contributed by atoms with Crippen molar-refractivity contribution in [3.8, 4) is 0 Å². The number of aliphatic hydroxyl groups is 1. The predicted octanol–water partition coefficient (Wildman–Crippen LogP) is 0.346. The van der Waals surface area contributed by atoms with Crippen LogP contribution in [-0.2, 0) is 4.79 Å². The van der Waals surface area contributed by atoms with Crippen molar-refractivity contribution in [2.75, 3.05) is 0 Å². The van der Waals surface area contributed by atoms with Gasteiger partial charge in [-0.05, 0) is 19.3 Å². The first-order valence-electron chi connectivity index (χ1n) is 2.36. The standard InChI is InChI=1S/C4H8O.CH2O/c5-4-2-1-3-4;1-2/h4-5H,1-3H2;1H2. The van der Waals surface area contributed by atoms with Crippen molar-refractivity contribution in [3.05, 3.63) is 0 Å². The van der Waals surface area contributed by atoms with Crippen molar-refractivity contribution >= 4 is 6.79 Å². The fourth-order valence-electron chi connectivity index (χ4n) is 0.387. The molecule has 0 saturated heterocycles. The minimum atomic E-state index is 0.0648. The van der Waals surface area contributed by atoms with Gasteiger partial charge in [0.25, 0.3) is 0 Å². The maximum absolute atomic E-state index is 8.45. The molecule has 1 fully saturated rings. The van der Waals surface area contributed by atoms with E-state index in [-0.39, 0.29) is 6.10 Å². The molecule has 1 rings (SSSR count). The van der Waals surface area contributed by atoms with E-state index in [2.05, 4.69) is 0 Å². The molecule has 0 aliphatic heterocycles. The van der Waals surface area contributed by atoms with Crippen molar-refractivity contribution in [2.24, 2.45) is 0 Å². The van der Waals surface area contributed by atoms with Crippen molar-refractivity contribution in [2.45, 2.75) is 25.4 Å². The number of rotatable bonds is 0. The fourth-order valence-corrected chi connectivity index (χ4v) is 0.387. The van der Waals surface area contributed by atoms with Crippen LogP contribution in [0.25, 0.3) is 0 Å². The van der Waals surface area contributed by atoms with Gasteiger partial charge >= 0.3 is 0 Å². The third-order valence-corrected chi connectivity index (χ3v) is 1.07. The summed E-state index contributed by atoms with van der Waals surface area (Å²) in [7, 11) is 0. The second kappa shape index (κ2) is 3.81. The smallest absolute Gasteiger partial charge is 0.106 e. The normalized spacial score (nSPS) is 19.0. The molecule has 0 unspecified atom stereocenters. The van der Waals surface area contributed by atoms with E-state index in [9.17, 15) is 0 Å². The SMILES string of the molecule is C=O.OC1CCC1. The maximum atomic E-state index is 8.45. The van der Waals surface area contributed by atoms with E-state index >= 15 is 0 Å². The minimum absolute atomic E-state index is 0.0648. The number of hydrogen-bond donors (Lipinski definition) is 1. The van der Waals surface area contributed by atoms with Gasteiger partial charge in [0.1, 0.15) is 6.79 Å². The highest BCUT2D eigenvalue weighted by molar-refractivity contribution is 5.10. The Morgan fingerprint density at radius 3 is 1.71 bits per heavy atom. The number of hydrogen-bond acceptors (Lipinski definition) is 2. The van der Waals surface area contributed by atoms with Gasteiger partial charge < -0.3 is 9.90 Å². The summed E-state index contributed by atoms with van der Waals surface area (Å²) in [6, 6.07) is 0. The summed E-state index contributed by atoms with van der Waals surface area (Å²) in [5, 5.41) is 8.45. The Hall–Kier alpha value is -0.370. The first-order valence-corrected chi connectivity index (χ1v) is 2.36. The van der Waals surface area contributed by atoms with Crippen LogP contribution in [0.1, 0.15) is 19.3 Å². The Morgan fingerprint density at radius 2 is 1.71 bits per heavy atom. The molecule has 1 aliphatic carbocycles. The first-order chi connectivity index (χ1) is 3.39. The highest BCUT2D eigenvalue weighted by Gasteiger charge is 2.11. The average Bonchev–Trinajstić information content (AvgIpc) is 1.68. The van der Waals surface area contributed by atoms with Gasteiger partial charge in [-0.15, -0.1) is 0 Å². The predicted molar refractivity (Wildman–Crippen MR) is 27.0 cm³/mol. The van der Waals surface area contributed by atoms with Crippen LogP contribution in [0, 0.1) is 0 Å². The summed E-state index contributed by atoms with van der Waals surface area (Å²) >= 11 is 0. The van der Waals surface area contributed by atoms with E-state index in [0.29, 0.717) is 0 Å². The lowest BCUT2D eigenvalue weighted by atomic mass is 9.97. The zero-order chi connectivity index (χ0) is 5.70. The lowest BCUT2D eigenvalue weighted by molar-refractivity contribution is -0.0979. The topological polar surface area (TPSA) is 37.3 Å². The van der Waals surface area contributed by atoms with Crippen LogP contribution >= 0.6 is 0 Å². The van der Waals surface area contributed by atoms with Gasteiger partial charge in [0.05, 0.1) is 6.10 Å². The molecule has 0 atom stereocenters.